The number of ether oxygens (including phenoxy) is 2. The Morgan fingerprint density at radius 2 is 1.94 bits per heavy atom. The number of halogens is 1. The number of rotatable bonds is 11. The van der Waals surface area contributed by atoms with Crippen LogP contribution in [0, 0.1) is 5.92 Å². The average molecular weight is 492 g/mol. The molecule has 1 amide bonds. The van der Waals surface area contributed by atoms with E-state index in [4.69, 9.17) is 19.7 Å². The second kappa shape index (κ2) is 12.8. The Bertz CT molecular complexity index is 884. The summed E-state index contributed by atoms with van der Waals surface area (Å²) in [5.74, 6) is -0.531. The minimum atomic E-state index is -0.997. The lowest BCUT2D eigenvalue weighted by Gasteiger charge is -2.25. The van der Waals surface area contributed by atoms with Gasteiger partial charge in [-0.15, -0.1) is 0 Å². The third kappa shape index (κ3) is 8.82. The van der Waals surface area contributed by atoms with Crippen LogP contribution in [-0.4, -0.2) is 35.5 Å². The first-order valence-electron chi connectivity index (χ1n) is 9.85. The van der Waals surface area contributed by atoms with Crippen LogP contribution in [0.15, 0.2) is 65.2 Å². The zero-order chi connectivity index (χ0) is 22.6. The second-order valence-electron chi connectivity index (χ2n) is 6.90. The number of benzene rings is 2. The number of amides is 1. The number of aliphatic carboxylic acids is 1. The molecular weight excluding hydrogens is 466 g/mol. The van der Waals surface area contributed by atoms with Gasteiger partial charge >= 0.3 is 12.1 Å². The van der Waals surface area contributed by atoms with Gasteiger partial charge in [0.25, 0.3) is 0 Å². The number of aliphatic hydroxyl groups is 1. The Kier molecular flexibility index (Phi) is 10.1. The van der Waals surface area contributed by atoms with Crippen LogP contribution in [0.5, 0.6) is 5.75 Å². The maximum Gasteiger partial charge on any atom is 0.412 e. The number of anilines is 1. The first-order chi connectivity index (χ1) is 14.9. The van der Waals surface area contributed by atoms with Crippen LogP contribution in [-0.2, 0) is 9.53 Å². The molecule has 0 aliphatic carbocycles. The fraction of sp³-hybridized carbons (Fsp3) is 0.304. The molecule has 31 heavy (non-hydrogen) atoms. The smallest absolute Gasteiger partial charge is 0.412 e. The number of aliphatic hydroxyl groups excluding tert-OH is 1. The lowest BCUT2D eigenvalue weighted by atomic mass is 9.93. The molecular formula is C23H26BrNO6. The Morgan fingerprint density at radius 3 is 2.61 bits per heavy atom. The Balaban J connectivity index is 2.15. The number of carboxylic acid groups (broad SMARTS) is 1. The Labute approximate surface area is 189 Å². The van der Waals surface area contributed by atoms with Crippen molar-refractivity contribution in [2.45, 2.75) is 25.9 Å². The van der Waals surface area contributed by atoms with Crippen molar-refractivity contribution in [2.24, 2.45) is 5.92 Å². The van der Waals surface area contributed by atoms with Crippen LogP contribution in [0.25, 0.3) is 0 Å². The van der Waals surface area contributed by atoms with Crippen molar-refractivity contribution in [3.63, 3.8) is 0 Å². The van der Waals surface area contributed by atoms with E-state index in [1.165, 1.54) is 0 Å². The molecule has 0 heterocycles. The highest BCUT2D eigenvalue weighted by atomic mass is 79.9. The van der Waals surface area contributed by atoms with E-state index >= 15 is 0 Å². The predicted molar refractivity (Wildman–Crippen MR) is 121 cm³/mol. The predicted octanol–water partition coefficient (Wildman–Crippen LogP) is 5.17. The molecule has 2 aromatic carbocycles. The normalized spacial score (nSPS) is 12.9. The first-order valence-corrected chi connectivity index (χ1v) is 10.6. The quantitative estimate of drug-likeness (QED) is 0.374. The van der Waals surface area contributed by atoms with E-state index < -0.39 is 18.2 Å². The van der Waals surface area contributed by atoms with Crippen molar-refractivity contribution in [3.05, 3.63) is 70.7 Å². The molecule has 2 rings (SSSR count). The van der Waals surface area contributed by atoms with E-state index in [0.29, 0.717) is 24.3 Å². The van der Waals surface area contributed by atoms with Crippen LogP contribution in [0.4, 0.5) is 10.5 Å². The lowest BCUT2D eigenvalue weighted by Crippen LogP contribution is -2.22. The summed E-state index contributed by atoms with van der Waals surface area (Å²) in [7, 11) is 0. The highest BCUT2D eigenvalue weighted by Crippen LogP contribution is 2.32. The van der Waals surface area contributed by atoms with Crippen LogP contribution in [0.3, 0.4) is 0 Å². The number of hydrogen-bond acceptors (Lipinski definition) is 5. The molecule has 0 aromatic heterocycles. The molecule has 0 aliphatic heterocycles. The second-order valence-corrected chi connectivity index (χ2v) is 7.81. The van der Waals surface area contributed by atoms with Gasteiger partial charge in [-0.05, 0) is 60.7 Å². The van der Waals surface area contributed by atoms with Gasteiger partial charge in [0.2, 0.25) is 0 Å². The van der Waals surface area contributed by atoms with Gasteiger partial charge in [0.15, 0.2) is 0 Å². The Hall–Kier alpha value is -2.84. The van der Waals surface area contributed by atoms with E-state index in [2.05, 4.69) is 21.2 Å². The molecule has 0 saturated carbocycles. The molecule has 0 fully saturated rings. The summed E-state index contributed by atoms with van der Waals surface area (Å²) in [6.45, 7) is 1.99. The molecule has 3 N–H and O–H groups in total. The molecule has 2 atom stereocenters. The zero-order valence-electron chi connectivity index (χ0n) is 17.2. The number of hydrogen-bond donors (Lipinski definition) is 3. The summed E-state index contributed by atoms with van der Waals surface area (Å²) in [4.78, 5) is 23.2. The van der Waals surface area contributed by atoms with Crippen LogP contribution >= 0.6 is 15.9 Å². The number of nitrogens with one attached hydrogen (secondary N) is 1. The van der Waals surface area contributed by atoms with Crippen LogP contribution in [0.1, 0.15) is 31.4 Å². The van der Waals surface area contributed by atoms with Crippen molar-refractivity contribution >= 4 is 33.7 Å². The van der Waals surface area contributed by atoms with E-state index in [0.717, 1.165) is 16.1 Å². The van der Waals surface area contributed by atoms with Crippen molar-refractivity contribution < 1.29 is 29.3 Å². The largest absolute Gasteiger partial charge is 0.491 e. The average Bonchev–Trinajstić information content (AvgIpc) is 2.75. The first kappa shape index (κ1) is 24.4. The molecule has 2 aromatic rings. The molecule has 0 saturated heterocycles. The maximum atomic E-state index is 12.6. The molecule has 0 unspecified atom stereocenters. The summed E-state index contributed by atoms with van der Waals surface area (Å²) in [5.41, 5.74) is 1.35. The standard InChI is InChI=1S/C23H26BrNO6/c1-16(5-2-3-8-21(27)28)22(17-6-4-7-20(15-17)30-14-13-26)31-23(29)25-19-11-9-18(24)10-12-19/h3-4,6-12,15-16,22,26H,2,5,13-14H2,1H3,(H,25,29)(H,27,28)/b8-3+/t16-,22-/m1/s1. The van der Waals surface area contributed by atoms with Gasteiger partial charge in [-0.2, -0.15) is 0 Å². The van der Waals surface area contributed by atoms with Crippen LogP contribution in [0.2, 0.25) is 0 Å². The summed E-state index contributed by atoms with van der Waals surface area (Å²) in [6, 6.07) is 14.3. The summed E-state index contributed by atoms with van der Waals surface area (Å²) in [5, 5.41) is 20.4. The number of carbonyl (C=O) groups is 2. The summed E-state index contributed by atoms with van der Waals surface area (Å²) >= 11 is 3.35. The summed E-state index contributed by atoms with van der Waals surface area (Å²) < 4.78 is 12.1. The number of allylic oxidation sites excluding steroid dienone is 1. The van der Waals surface area contributed by atoms with Gasteiger partial charge in [0, 0.05) is 16.2 Å². The monoisotopic (exact) mass is 491 g/mol. The molecule has 0 aliphatic rings. The third-order valence-electron chi connectivity index (χ3n) is 4.44. The molecule has 8 heteroatoms. The molecule has 0 bridgehead atoms. The summed E-state index contributed by atoms with van der Waals surface area (Å²) in [6.07, 6.45) is 2.66. The Morgan fingerprint density at radius 1 is 1.19 bits per heavy atom. The van der Waals surface area contributed by atoms with Crippen molar-refractivity contribution in [3.8, 4) is 5.75 Å². The SMILES string of the molecule is C[C@H](CC/C=C/C(=O)O)[C@@H](OC(=O)Nc1ccc(Br)cc1)c1cccc(OCCO)c1. The van der Waals surface area contributed by atoms with E-state index in [1.54, 1.807) is 36.4 Å². The highest BCUT2D eigenvalue weighted by molar-refractivity contribution is 9.10. The van der Waals surface area contributed by atoms with Crippen molar-refractivity contribution in [1.29, 1.82) is 0 Å². The van der Waals surface area contributed by atoms with E-state index in [9.17, 15) is 9.59 Å². The van der Waals surface area contributed by atoms with Gasteiger partial charge in [-0.3, -0.25) is 5.32 Å². The minimum Gasteiger partial charge on any atom is -0.491 e. The van der Waals surface area contributed by atoms with Crippen LogP contribution < -0.4 is 10.1 Å². The maximum absolute atomic E-state index is 12.6. The zero-order valence-corrected chi connectivity index (χ0v) is 18.7. The van der Waals surface area contributed by atoms with Gasteiger partial charge in [-0.1, -0.05) is 41.1 Å². The van der Waals surface area contributed by atoms with Gasteiger partial charge in [-0.25, -0.2) is 9.59 Å². The fourth-order valence-corrected chi connectivity index (χ4v) is 3.21. The van der Waals surface area contributed by atoms with Gasteiger partial charge < -0.3 is 19.7 Å². The van der Waals surface area contributed by atoms with Gasteiger partial charge in [0.05, 0.1) is 6.61 Å². The van der Waals surface area contributed by atoms with E-state index in [-0.39, 0.29) is 19.1 Å². The molecule has 7 nitrogen and oxygen atoms in total. The van der Waals surface area contributed by atoms with Crippen molar-refractivity contribution in [2.75, 3.05) is 18.5 Å². The third-order valence-corrected chi connectivity index (χ3v) is 4.97. The number of carboxylic acids is 1. The lowest BCUT2D eigenvalue weighted by molar-refractivity contribution is -0.131. The van der Waals surface area contributed by atoms with Crippen molar-refractivity contribution in [1.82, 2.24) is 0 Å². The fourth-order valence-electron chi connectivity index (χ4n) is 2.95. The molecule has 0 radical (unpaired) electrons. The van der Waals surface area contributed by atoms with Gasteiger partial charge in [0.1, 0.15) is 18.5 Å². The molecule has 166 valence electrons. The molecule has 0 spiro atoms. The minimum absolute atomic E-state index is 0.0952. The topological polar surface area (TPSA) is 105 Å². The number of carbonyl (C=O) groups excluding carboxylic acids is 1. The van der Waals surface area contributed by atoms with E-state index in [1.807, 2.05) is 25.1 Å². The highest BCUT2D eigenvalue weighted by Gasteiger charge is 2.24.